The first-order chi connectivity index (χ1) is 10.6. The molecule has 0 aromatic heterocycles. The Bertz CT molecular complexity index is 736. The number of nitrogens with zero attached hydrogens (tertiary/aromatic N) is 4. The largest absolute Gasteiger partial charge is 0.191 e. The Kier molecular flexibility index (Phi) is 5.27. The van der Waals surface area contributed by atoms with Gasteiger partial charge in [0.15, 0.2) is 11.4 Å². The van der Waals surface area contributed by atoms with Gasteiger partial charge in [-0.3, -0.25) is 0 Å². The van der Waals surface area contributed by atoms with Crippen LogP contribution < -0.4 is 0 Å². The molecule has 0 fully saturated rings. The fourth-order valence-electron chi connectivity index (χ4n) is 1.60. The van der Waals surface area contributed by atoms with Crippen LogP contribution in [0.15, 0.2) is 58.7 Å². The molecular weight excluding hydrogens is 319 g/mol. The minimum Gasteiger partial charge on any atom is -0.191 e. The van der Waals surface area contributed by atoms with E-state index in [1.807, 2.05) is 12.1 Å². The van der Waals surface area contributed by atoms with E-state index < -0.39 is 0 Å². The van der Waals surface area contributed by atoms with Gasteiger partial charge in [0.2, 0.25) is 0 Å². The summed E-state index contributed by atoms with van der Waals surface area (Å²) in [5, 5.41) is 27.1. The highest BCUT2D eigenvalue weighted by Gasteiger charge is 2.05. The van der Waals surface area contributed by atoms with Gasteiger partial charge in [-0.2, -0.15) is 10.5 Å². The van der Waals surface area contributed by atoms with Crippen LogP contribution in [0.1, 0.15) is 11.1 Å². The second-order valence-corrected chi connectivity index (χ2v) is 5.01. The zero-order valence-corrected chi connectivity index (χ0v) is 12.7. The maximum Gasteiger partial charge on any atom is 0.170 e. The molecule has 0 saturated heterocycles. The van der Waals surface area contributed by atoms with E-state index in [1.165, 1.54) is 0 Å². The first-order valence-electron chi connectivity index (χ1n) is 6.12. The molecule has 0 heterocycles. The monoisotopic (exact) mass is 326 g/mol. The Morgan fingerprint density at radius 2 is 1.00 bits per heavy atom. The van der Waals surface area contributed by atoms with Gasteiger partial charge >= 0.3 is 0 Å². The van der Waals surface area contributed by atoms with Crippen LogP contribution in [0.4, 0.5) is 0 Å². The van der Waals surface area contributed by atoms with Crippen LogP contribution in [0.2, 0.25) is 10.0 Å². The van der Waals surface area contributed by atoms with Gasteiger partial charge in [0, 0.05) is 21.2 Å². The molecule has 2 aromatic carbocycles. The van der Waals surface area contributed by atoms with Crippen LogP contribution in [-0.2, 0) is 0 Å². The van der Waals surface area contributed by atoms with Crippen molar-refractivity contribution in [3.8, 4) is 12.1 Å². The van der Waals surface area contributed by atoms with Gasteiger partial charge in [0.05, 0.1) is 0 Å². The molecule has 0 aliphatic carbocycles. The molecule has 0 saturated carbocycles. The van der Waals surface area contributed by atoms with Crippen molar-refractivity contribution in [3.05, 3.63) is 69.7 Å². The molecule has 22 heavy (non-hydrogen) atoms. The third kappa shape index (κ3) is 3.93. The highest BCUT2D eigenvalue weighted by atomic mass is 35.5. The smallest absolute Gasteiger partial charge is 0.170 e. The fourth-order valence-corrected chi connectivity index (χ4v) is 1.86. The second kappa shape index (κ2) is 7.38. The molecule has 0 aliphatic rings. The summed E-state index contributed by atoms with van der Waals surface area (Å²) >= 11 is 11.6. The minimum absolute atomic E-state index is 0.0957. The summed E-state index contributed by atoms with van der Waals surface area (Å²) in [6, 6.07) is 17.1. The van der Waals surface area contributed by atoms with Crippen LogP contribution >= 0.6 is 23.2 Å². The minimum atomic E-state index is 0.0957. The Morgan fingerprint density at radius 3 is 1.27 bits per heavy atom. The molecule has 2 aromatic rings. The SMILES string of the molecule is N#CC(=NN=C(C#N)c1ccc(Cl)cc1)c1ccc(Cl)cc1. The van der Waals surface area contributed by atoms with Crippen molar-refractivity contribution in [1.82, 2.24) is 0 Å². The van der Waals surface area contributed by atoms with E-state index in [9.17, 15) is 0 Å². The van der Waals surface area contributed by atoms with Crippen molar-refractivity contribution in [2.24, 2.45) is 10.2 Å². The lowest BCUT2D eigenvalue weighted by atomic mass is 10.1. The van der Waals surface area contributed by atoms with E-state index in [4.69, 9.17) is 33.7 Å². The van der Waals surface area contributed by atoms with Crippen LogP contribution in [0, 0.1) is 22.7 Å². The third-order valence-electron chi connectivity index (χ3n) is 2.70. The maximum atomic E-state index is 9.16. The molecule has 2 rings (SSSR count). The van der Waals surface area contributed by atoms with Crippen LogP contribution in [0.25, 0.3) is 0 Å². The topological polar surface area (TPSA) is 72.3 Å². The Balaban J connectivity index is 2.36. The molecule has 0 spiro atoms. The van der Waals surface area contributed by atoms with E-state index >= 15 is 0 Å². The highest BCUT2D eigenvalue weighted by Crippen LogP contribution is 2.12. The summed E-state index contributed by atoms with van der Waals surface area (Å²) in [6.07, 6.45) is 0. The molecule has 0 aliphatic heterocycles. The van der Waals surface area contributed by atoms with Gasteiger partial charge in [-0.15, -0.1) is 10.2 Å². The first kappa shape index (κ1) is 15.7. The predicted molar refractivity (Wildman–Crippen MR) is 87.2 cm³/mol. The molecule has 106 valence electrons. The van der Waals surface area contributed by atoms with Crippen LogP contribution in [0.3, 0.4) is 0 Å². The lowest BCUT2D eigenvalue weighted by Crippen LogP contribution is -1.99. The van der Waals surface area contributed by atoms with Gasteiger partial charge < -0.3 is 0 Å². The van der Waals surface area contributed by atoms with Crippen molar-refractivity contribution in [3.63, 3.8) is 0 Å². The van der Waals surface area contributed by atoms with E-state index in [0.717, 1.165) is 0 Å². The number of hydrogen-bond donors (Lipinski definition) is 0. The highest BCUT2D eigenvalue weighted by molar-refractivity contribution is 6.31. The average molecular weight is 327 g/mol. The Morgan fingerprint density at radius 1 is 0.682 bits per heavy atom. The molecule has 4 nitrogen and oxygen atoms in total. The molecule has 0 N–H and O–H groups in total. The number of halogens is 2. The van der Waals surface area contributed by atoms with Gasteiger partial charge in [0.25, 0.3) is 0 Å². The molecule has 0 atom stereocenters. The summed E-state index contributed by atoms with van der Waals surface area (Å²) in [4.78, 5) is 0. The van der Waals surface area contributed by atoms with Gasteiger partial charge in [-0.25, -0.2) is 0 Å². The summed E-state index contributed by atoms with van der Waals surface area (Å²) < 4.78 is 0. The second-order valence-electron chi connectivity index (χ2n) is 4.13. The van der Waals surface area contributed by atoms with Crippen molar-refractivity contribution >= 4 is 34.6 Å². The van der Waals surface area contributed by atoms with Crippen LogP contribution in [-0.4, -0.2) is 11.4 Å². The van der Waals surface area contributed by atoms with Gasteiger partial charge in [0.1, 0.15) is 12.1 Å². The lowest BCUT2D eigenvalue weighted by Gasteiger charge is -1.98. The van der Waals surface area contributed by atoms with Crippen molar-refractivity contribution in [2.45, 2.75) is 0 Å². The number of benzene rings is 2. The molecule has 0 amide bonds. The zero-order chi connectivity index (χ0) is 15.9. The van der Waals surface area contributed by atoms with Crippen molar-refractivity contribution in [1.29, 1.82) is 10.5 Å². The molecule has 0 unspecified atom stereocenters. The lowest BCUT2D eigenvalue weighted by molar-refractivity contribution is 1.24. The summed E-state index contributed by atoms with van der Waals surface area (Å²) in [5.41, 5.74) is 1.34. The summed E-state index contributed by atoms with van der Waals surface area (Å²) in [6.45, 7) is 0. The van der Waals surface area contributed by atoms with Crippen LogP contribution in [0.5, 0.6) is 0 Å². The average Bonchev–Trinajstić information content (AvgIpc) is 2.54. The van der Waals surface area contributed by atoms with E-state index in [1.54, 1.807) is 48.5 Å². The standard InChI is InChI=1S/C16H8Cl2N4/c17-13-5-1-11(2-6-13)15(9-19)21-22-16(10-20)12-3-7-14(18)8-4-12/h1-8H. The quantitative estimate of drug-likeness (QED) is 0.625. The third-order valence-corrected chi connectivity index (χ3v) is 3.20. The summed E-state index contributed by atoms with van der Waals surface area (Å²) in [5.74, 6) is 0. The van der Waals surface area contributed by atoms with Crippen molar-refractivity contribution in [2.75, 3.05) is 0 Å². The fraction of sp³-hybridized carbons (Fsp3) is 0. The van der Waals surface area contributed by atoms with E-state index in [-0.39, 0.29) is 11.4 Å². The normalized spacial score (nSPS) is 11.6. The predicted octanol–water partition coefficient (Wildman–Crippen LogP) is 4.23. The zero-order valence-electron chi connectivity index (χ0n) is 11.2. The van der Waals surface area contributed by atoms with Gasteiger partial charge in [-0.1, -0.05) is 47.5 Å². The molecular formula is C16H8Cl2N4. The molecule has 0 bridgehead atoms. The van der Waals surface area contributed by atoms with Gasteiger partial charge in [-0.05, 0) is 24.3 Å². The van der Waals surface area contributed by atoms with E-state index in [0.29, 0.717) is 21.2 Å². The number of hydrogen-bond acceptors (Lipinski definition) is 4. The maximum absolute atomic E-state index is 9.16. The van der Waals surface area contributed by atoms with Crippen molar-refractivity contribution < 1.29 is 0 Å². The Hall–Kier alpha value is -2.66. The summed E-state index contributed by atoms with van der Waals surface area (Å²) in [7, 11) is 0. The molecule has 0 radical (unpaired) electrons. The Labute approximate surface area is 137 Å². The molecule has 6 heteroatoms. The first-order valence-corrected chi connectivity index (χ1v) is 6.87. The number of nitriles is 2. The van der Waals surface area contributed by atoms with E-state index in [2.05, 4.69) is 10.2 Å². The number of rotatable bonds is 3.